The number of rotatable bonds is 6. The van der Waals surface area contributed by atoms with E-state index in [9.17, 15) is 9.59 Å². The van der Waals surface area contributed by atoms with E-state index in [0.717, 1.165) is 23.5 Å². The Morgan fingerprint density at radius 1 is 1.30 bits per heavy atom. The molecule has 1 amide bonds. The van der Waals surface area contributed by atoms with Crippen LogP contribution in [0.25, 0.3) is 0 Å². The van der Waals surface area contributed by atoms with Crippen molar-refractivity contribution < 1.29 is 14.7 Å². The summed E-state index contributed by atoms with van der Waals surface area (Å²) < 4.78 is 0. The van der Waals surface area contributed by atoms with Crippen LogP contribution in [0.3, 0.4) is 0 Å². The molecule has 2 fully saturated rings. The lowest BCUT2D eigenvalue weighted by Gasteiger charge is -2.24. The van der Waals surface area contributed by atoms with Gasteiger partial charge >= 0.3 is 5.97 Å². The van der Waals surface area contributed by atoms with Crippen molar-refractivity contribution in [3.05, 3.63) is 15.6 Å². The maximum Gasteiger partial charge on any atom is 0.308 e. The first-order chi connectivity index (χ1) is 11.0. The Morgan fingerprint density at radius 2 is 1.96 bits per heavy atom. The summed E-state index contributed by atoms with van der Waals surface area (Å²) in [4.78, 5) is 31.2. The van der Waals surface area contributed by atoms with Crippen LogP contribution < -0.4 is 0 Å². The molecule has 1 heterocycles. The summed E-state index contributed by atoms with van der Waals surface area (Å²) in [6.07, 6.45) is 6.79. The molecular weight excluding hydrogens is 312 g/mol. The van der Waals surface area contributed by atoms with Gasteiger partial charge in [0.15, 0.2) is 0 Å². The molecule has 0 saturated heterocycles. The van der Waals surface area contributed by atoms with E-state index in [1.54, 1.807) is 11.8 Å². The highest BCUT2D eigenvalue weighted by Crippen LogP contribution is 2.38. The van der Waals surface area contributed by atoms with Crippen molar-refractivity contribution in [1.82, 2.24) is 9.88 Å². The first-order valence-electron chi connectivity index (χ1n) is 8.48. The quantitative estimate of drug-likeness (QED) is 0.864. The molecule has 23 heavy (non-hydrogen) atoms. The molecule has 2 saturated carbocycles. The van der Waals surface area contributed by atoms with Crippen molar-refractivity contribution in [2.45, 2.75) is 64.3 Å². The zero-order valence-corrected chi connectivity index (χ0v) is 14.6. The molecule has 0 radical (unpaired) electrons. The van der Waals surface area contributed by atoms with Crippen molar-refractivity contribution >= 4 is 23.2 Å². The van der Waals surface area contributed by atoms with Crippen molar-refractivity contribution in [3.8, 4) is 0 Å². The second-order valence-corrected chi connectivity index (χ2v) is 7.91. The van der Waals surface area contributed by atoms with Gasteiger partial charge in [0.2, 0.25) is 0 Å². The number of aromatic nitrogens is 1. The number of thiazole rings is 1. The average Bonchev–Trinajstić information content (AvgIpc) is 3.05. The summed E-state index contributed by atoms with van der Waals surface area (Å²) >= 11 is 1.52. The molecule has 0 spiro atoms. The number of hydrogen-bond donors (Lipinski definition) is 1. The minimum absolute atomic E-state index is 0.0279. The fraction of sp³-hybridized carbons (Fsp3) is 0.706. The number of amides is 1. The van der Waals surface area contributed by atoms with Crippen LogP contribution in [0.15, 0.2) is 0 Å². The topological polar surface area (TPSA) is 70.5 Å². The number of hydrogen-bond acceptors (Lipinski definition) is 4. The van der Waals surface area contributed by atoms with Crippen LogP contribution in [-0.2, 0) is 4.79 Å². The van der Waals surface area contributed by atoms with Gasteiger partial charge in [-0.3, -0.25) is 9.59 Å². The molecule has 0 aliphatic heterocycles. The van der Waals surface area contributed by atoms with Gasteiger partial charge in [-0.05, 0) is 32.6 Å². The van der Waals surface area contributed by atoms with Crippen LogP contribution in [0.2, 0.25) is 0 Å². The number of aryl methyl sites for hydroxylation is 1. The predicted molar refractivity (Wildman–Crippen MR) is 88.9 cm³/mol. The second-order valence-electron chi connectivity index (χ2n) is 6.88. The monoisotopic (exact) mass is 336 g/mol. The third-order valence-electron chi connectivity index (χ3n) is 4.85. The van der Waals surface area contributed by atoms with Gasteiger partial charge in [-0.2, -0.15) is 0 Å². The van der Waals surface area contributed by atoms with E-state index >= 15 is 0 Å². The van der Waals surface area contributed by atoms with E-state index in [-0.39, 0.29) is 18.5 Å². The lowest BCUT2D eigenvalue weighted by atomic mass is 10.1. The summed E-state index contributed by atoms with van der Waals surface area (Å²) in [6, 6.07) is 0.209. The van der Waals surface area contributed by atoms with Gasteiger partial charge in [0, 0.05) is 18.5 Å². The highest BCUT2D eigenvalue weighted by molar-refractivity contribution is 7.13. The first kappa shape index (κ1) is 16.4. The summed E-state index contributed by atoms with van der Waals surface area (Å²) in [7, 11) is 0. The zero-order chi connectivity index (χ0) is 16.6. The Kier molecular flexibility index (Phi) is 4.71. The van der Waals surface area contributed by atoms with Gasteiger partial charge in [-0.25, -0.2) is 4.98 Å². The van der Waals surface area contributed by atoms with E-state index < -0.39 is 11.9 Å². The fourth-order valence-corrected chi connectivity index (χ4v) is 4.44. The number of aliphatic carboxylic acids is 1. The van der Waals surface area contributed by atoms with Gasteiger partial charge in [0.25, 0.3) is 5.91 Å². The van der Waals surface area contributed by atoms with Crippen molar-refractivity contribution in [3.63, 3.8) is 0 Å². The van der Waals surface area contributed by atoms with Gasteiger partial charge in [0.05, 0.1) is 16.6 Å². The van der Waals surface area contributed by atoms with Gasteiger partial charge < -0.3 is 10.0 Å². The second kappa shape index (κ2) is 6.59. The standard InChI is InChI=1S/C17H24N2O3S/c1-10(17(21)22)9-19(13-7-8-13)16(20)14-11(2)18-15(23-14)12-5-3-4-6-12/h10,12-13H,3-9H2,1-2H3,(H,21,22). The van der Waals surface area contributed by atoms with Crippen LogP contribution in [0.4, 0.5) is 0 Å². The highest BCUT2D eigenvalue weighted by Gasteiger charge is 2.36. The van der Waals surface area contributed by atoms with Gasteiger partial charge in [-0.1, -0.05) is 19.8 Å². The Labute approximate surface area is 140 Å². The highest BCUT2D eigenvalue weighted by atomic mass is 32.1. The van der Waals surface area contributed by atoms with E-state index in [1.165, 1.54) is 37.0 Å². The Balaban J connectivity index is 1.78. The summed E-state index contributed by atoms with van der Waals surface area (Å²) in [5, 5.41) is 10.2. The number of carbonyl (C=O) groups excluding carboxylic acids is 1. The minimum atomic E-state index is -0.851. The minimum Gasteiger partial charge on any atom is -0.481 e. The van der Waals surface area contributed by atoms with Gasteiger partial charge in [0.1, 0.15) is 4.88 Å². The normalized spacial score (nSPS) is 19.7. The molecule has 1 unspecified atom stereocenters. The average molecular weight is 336 g/mol. The summed E-state index contributed by atoms with van der Waals surface area (Å²) in [6.45, 7) is 3.84. The van der Waals surface area contributed by atoms with Gasteiger partial charge in [-0.15, -0.1) is 11.3 Å². The molecule has 1 atom stereocenters. The number of carboxylic acids is 1. The number of carboxylic acid groups (broad SMARTS) is 1. The van der Waals surface area contributed by atoms with E-state index in [2.05, 4.69) is 4.98 Å². The van der Waals surface area contributed by atoms with Crippen molar-refractivity contribution in [1.29, 1.82) is 0 Å². The van der Waals surface area contributed by atoms with E-state index in [0.29, 0.717) is 10.8 Å². The maximum atomic E-state index is 12.9. The molecule has 5 nitrogen and oxygen atoms in total. The molecule has 0 aromatic carbocycles. The molecule has 126 valence electrons. The largest absolute Gasteiger partial charge is 0.481 e. The van der Waals surface area contributed by atoms with E-state index in [1.807, 2.05) is 6.92 Å². The number of carbonyl (C=O) groups is 2. The van der Waals surface area contributed by atoms with Crippen LogP contribution in [0, 0.1) is 12.8 Å². The summed E-state index contributed by atoms with van der Waals surface area (Å²) in [5.41, 5.74) is 0.801. The molecule has 1 aromatic rings. The van der Waals surface area contributed by atoms with Crippen LogP contribution in [-0.4, -0.2) is 39.5 Å². The molecule has 2 aliphatic rings. The molecule has 6 heteroatoms. The van der Waals surface area contributed by atoms with E-state index in [4.69, 9.17) is 5.11 Å². The lowest BCUT2D eigenvalue weighted by Crippen LogP contribution is -2.38. The van der Waals surface area contributed by atoms with Crippen LogP contribution >= 0.6 is 11.3 Å². The third-order valence-corrected chi connectivity index (χ3v) is 6.16. The van der Waals surface area contributed by atoms with Crippen molar-refractivity contribution in [2.24, 2.45) is 5.92 Å². The Hall–Kier alpha value is -1.43. The predicted octanol–water partition coefficient (Wildman–Crippen LogP) is 3.43. The zero-order valence-electron chi connectivity index (χ0n) is 13.7. The maximum absolute atomic E-state index is 12.9. The molecule has 1 aromatic heterocycles. The lowest BCUT2D eigenvalue weighted by molar-refractivity contribution is -0.141. The van der Waals surface area contributed by atoms with Crippen molar-refractivity contribution in [2.75, 3.05) is 6.54 Å². The number of nitrogens with zero attached hydrogens (tertiary/aromatic N) is 2. The molecular formula is C17H24N2O3S. The van der Waals surface area contributed by atoms with Crippen LogP contribution in [0.1, 0.15) is 71.7 Å². The molecule has 0 bridgehead atoms. The molecule has 1 N–H and O–H groups in total. The Bertz CT molecular complexity index is 603. The first-order valence-corrected chi connectivity index (χ1v) is 9.30. The molecule has 3 rings (SSSR count). The SMILES string of the molecule is Cc1nc(C2CCCC2)sc1C(=O)N(CC(C)C(=O)O)C1CC1. The van der Waals surface area contributed by atoms with Crippen LogP contribution in [0.5, 0.6) is 0 Å². The molecule has 2 aliphatic carbocycles. The third kappa shape index (κ3) is 3.57. The smallest absolute Gasteiger partial charge is 0.308 e. The fourth-order valence-electron chi connectivity index (χ4n) is 3.25. The summed E-state index contributed by atoms with van der Waals surface area (Å²) in [5.74, 6) is -0.911. The Morgan fingerprint density at radius 3 is 2.52 bits per heavy atom.